The molecule has 202 valence electrons. The zero-order chi connectivity index (χ0) is 26.8. The van der Waals surface area contributed by atoms with E-state index in [0.29, 0.717) is 25.4 Å². The number of benzene rings is 1. The molecule has 38 heavy (non-hydrogen) atoms. The molecule has 0 spiro atoms. The standard InChI is InChI=1S/C28H33N3O5S2/c1-28(38(2,33)34,27(32)30-36-26-9-5-6-16-35-26)15-14-25-29-23-13-10-20(17-24(23)37-25)7-3-4-8-21-18-31(19-21)22-11-12-22/h10,13,17,21-22,26H,5-6,9,11-12,14-16,18-19H2,1-2H3,(H,30,32). The smallest absolute Gasteiger partial charge is 0.264 e. The van der Waals surface area contributed by atoms with Gasteiger partial charge in [-0.05, 0) is 69.1 Å². The molecule has 2 atom stereocenters. The Morgan fingerprint density at radius 2 is 2.08 bits per heavy atom. The van der Waals surface area contributed by atoms with E-state index in [1.54, 1.807) is 0 Å². The number of nitrogens with zero attached hydrogens (tertiary/aromatic N) is 2. The zero-order valence-corrected chi connectivity index (χ0v) is 23.4. The van der Waals surface area contributed by atoms with Crippen molar-refractivity contribution in [1.29, 1.82) is 0 Å². The molecule has 1 saturated carbocycles. The van der Waals surface area contributed by atoms with Crippen LogP contribution in [0.5, 0.6) is 0 Å². The summed E-state index contributed by atoms with van der Waals surface area (Å²) in [6, 6.07) is 6.61. The molecular weight excluding hydrogens is 522 g/mol. The van der Waals surface area contributed by atoms with E-state index in [-0.39, 0.29) is 6.42 Å². The van der Waals surface area contributed by atoms with Crippen molar-refractivity contribution < 1.29 is 22.8 Å². The molecule has 3 heterocycles. The lowest BCUT2D eigenvalue weighted by atomic mass is 10.0. The highest BCUT2D eigenvalue weighted by Crippen LogP contribution is 2.32. The monoisotopic (exact) mass is 555 g/mol. The van der Waals surface area contributed by atoms with Gasteiger partial charge in [-0.1, -0.05) is 11.8 Å². The van der Waals surface area contributed by atoms with Crippen molar-refractivity contribution in [1.82, 2.24) is 15.4 Å². The number of fused-ring (bicyclic) bond motifs is 1. The molecule has 3 fully saturated rings. The molecule has 2 aromatic rings. The molecule has 1 aromatic heterocycles. The number of carbonyl (C=O) groups is 1. The lowest BCUT2D eigenvalue weighted by Gasteiger charge is -2.36. The molecule has 1 aliphatic carbocycles. The van der Waals surface area contributed by atoms with E-state index in [9.17, 15) is 13.2 Å². The predicted octanol–water partition coefficient (Wildman–Crippen LogP) is 3.06. The van der Waals surface area contributed by atoms with Crippen LogP contribution in [-0.2, 0) is 30.6 Å². The number of thiazole rings is 1. The molecule has 2 saturated heterocycles. The second kappa shape index (κ2) is 11.3. The van der Waals surface area contributed by atoms with Crippen molar-refractivity contribution in [3.8, 4) is 23.7 Å². The lowest BCUT2D eigenvalue weighted by molar-refractivity contribution is -0.201. The van der Waals surface area contributed by atoms with Gasteiger partial charge in [0.1, 0.15) is 4.75 Å². The molecule has 1 amide bonds. The lowest BCUT2D eigenvalue weighted by Crippen LogP contribution is -2.51. The Kier molecular flexibility index (Phi) is 8.08. The Labute approximate surface area is 228 Å². The molecule has 0 bridgehead atoms. The minimum atomic E-state index is -3.73. The third kappa shape index (κ3) is 6.39. The molecule has 2 aliphatic heterocycles. The maximum Gasteiger partial charge on any atom is 0.264 e. The highest BCUT2D eigenvalue weighted by molar-refractivity contribution is 7.92. The topological polar surface area (TPSA) is 97.8 Å². The van der Waals surface area contributed by atoms with Gasteiger partial charge in [0.05, 0.1) is 15.2 Å². The van der Waals surface area contributed by atoms with E-state index >= 15 is 0 Å². The van der Waals surface area contributed by atoms with E-state index in [1.165, 1.54) is 31.1 Å². The van der Waals surface area contributed by atoms with E-state index in [2.05, 4.69) is 39.0 Å². The summed E-state index contributed by atoms with van der Waals surface area (Å²) in [6.45, 7) is 4.12. The van der Waals surface area contributed by atoms with Crippen LogP contribution in [0.25, 0.3) is 10.2 Å². The second-order valence-electron chi connectivity index (χ2n) is 10.5. The molecule has 3 aliphatic rings. The summed E-state index contributed by atoms with van der Waals surface area (Å²) in [5.41, 5.74) is 4.01. The highest BCUT2D eigenvalue weighted by Gasteiger charge is 2.44. The number of likely N-dealkylation sites (tertiary alicyclic amines) is 1. The van der Waals surface area contributed by atoms with Crippen LogP contribution >= 0.6 is 11.3 Å². The minimum Gasteiger partial charge on any atom is -0.350 e. The maximum atomic E-state index is 12.9. The number of carbonyl (C=O) groups excluding carboxylic acids is 1. The largest absolute Gasteiger partial charge is 0.350 e. The minimum absolute atomic E-state index is 0.0773. The van der Waals surface area contributed by atoms with E-state index in [0.717, 1.165) is 59.0 Å². The predicted molar refractivity (Wildman–Crippen MR) is 147 cm³/mol. The third-order valence-electron chi connectivity index (χ3n) is 7.49. The fraction of sp³-hybridized carbons (Fsp3) is 0.571. The van der Waals surface area contributed by atoms with Gasteiger partial charge < -0.3 is 4.74 Å². The van der Waals surface area contributed by atoms with Crippen molar-refractivity contribution in [2.75, 3.05) is 26.0 Å². The van der Waals surface area contributed by atoms with Gasteiger partial charge in [-0.3, -0.25) is 9.69 Å². The van der Waals surface area contributed by atoms with Gasteiger partial charge in [0, 0.05) is 56.3 Å². The first-order chi connectivity index (χ1) is 18.2. The summed E-state index contributed by atoms with van der Waals surface area (Å²) >= 11 is 1.48. The van der Waals surface area contributed by atoms with Gasteiger partial charge in [-0.25, -0.2) is 23.7 Å². The molecular formula is C28H33N3O5S2. The van der Waals surface area contributed by atoms with Crippen molar-refractivity contribution in [2.24, 2.45) is 5.92 Å². The van der Waals surface area contributed by atoms with Gasteiger partial charge in [-0.15, -0.1) is 11.3 Å². The van der Waals surface area contributed by atoms with Gasteiger partial charge in [-0.2, -0.15) is 0 Å². The number of hydrogen-bond donors (Lipinski definition) is 1. The fourth-order valence-corrected chi connectivity index (χ4v) is 6.44. The molecule has 2 unspecified atom stereocenters. The quantitative estimate of drug-likeness (QED) is 0.395. The van der Waals surface area contributed by atoms with Gasteiger partial charge in [0.25, 0.3) is 5.91 Å². The number of ether oxygens (including phenoxy) is 1. The van der Waals surface area contributed by atoms with Crippen LogP contribution < -0.4 is 5.48 Å². The average Bonchev–Trinajstić information content (AvgIpc) is 3.62. The number of nitrogens with one attached hydrogen (secondary N) is 1. The van der Waals surface area contributed by atoms with Gasteiger partial charge in [0.15, 0.2) is 16.1 Å². The first-order valence-corrected chi connectivity index (χ1v) is 15.8. The maximum absolute atomic E-state index is 12.9. The first kappa shape index (κ1) is 27.1. The van der Waals surface area contributed by atoms with Crippen molar-refractivity contribution >= 4 is 37.3 Å². The van der Waals surface area contributed by atoms with Crippen molar-refractivity contribution in [2.45, 2.75) is 68.9 Å². The molecule has 1 aromatic carbocycles. The number of hydroxylamine groups is 1. The Morgan fingerprint density at radius 3 is 2.79 bits per heavy atom. The van der Waals surface area contributed by atoms with Gasteiger partial charge in [0.2, 0.25) is 0 Å². The van der Waals surface area contributed by atoms with Crippen LogP contribution in [0, 0.1) is 29.6 Å². The van der Waals surface area contributed by atoms with E-state index in [1.807, 2.05) is 18.2 Å². The third-order valence-corrected chi connectivity index (χ3v) is 10.6. The summed E-state index contributed by atoms with van der Waals surface area (Å²) < 4.78 is 30.0. The van der Waals surface area contributed by atoms with Crippen LogP contribution in [-0.4, -0.2) is 67.2 Å². The molecule has 0 radical (unpaired) electrons. The van der Waals surface area contributed by atoms with Crippen LogP contribution in [0.15, 0.2) is 18.2 Å². The van der Waals surface area contributed by atoms with Crippen molar-refractivity contribution in [3.05, 3.63) is 28.8 Å². The van der Waals surface area contributed by atoms with Crippen LogP contribution in [0.1, 0.15) is 56.0 Å². The zero-order valence-electron chi connectivity index (χ0n) is 21.8. The number of amides is 1. The molecule has 8 nitrogen and oxygen atoms in total. The summed E-state index contributed by atoms with van der Waals surface area (Å²) in [4.78, 5) is 25.4. The summed E-state index contributed by atoms with van der Waals surface area (Å²) in [7, 11) is -3.73. The Morgan fingerprint density at radius 1 is 1.26 bits per heavy atom. The van der Waals surface area contributed by atoms with Crippen molar-refractivity contribution in [3.63, 3.8) is 0 Å². The summed E-state index contributed by atoms with van der Waals surface area (Å²) in [5.74, 6) is 12.1. The second-order valence-corrected chi connectivity index (χ2v) is 14.1. The molecule has 5 rings (SSSR count). The number of aryl methyl sites for hydroxylation is 1. The average molecular weight is 556 g/mol. The van der Waals surface area contributed by atoms with Crippen LogP contribution in [0.2, 0.25) is 0 Å². The van der Waals surface area contributed by atoms with E-state index < -0.39 is 26.8 Å². The molecule has 1 N–H and O–H groups in total. The molecule has 10 heteroatoms. The summed E-state index contributed by atoms with van der Waals surface area (Å²) in [6.07, 6.45) is 6.12. The van der Waals surface area contributed by atoms with Crippen LogP contribution in [0.3, 0.4) is 0 Å². The number of hydrogen-bond acceptors (Lipinski definition) is 8. The fourth-order valence-electron chi connectivity index (χ4n) is 4.58. The number of aromatic nitrogens is 1. The number of sulfone groups is 1. The highest BCUT2D eigenvalue weighted by atomic mass is 32.2. The van der Waals surface area contributed by atoms with Crippen LogP contribution in [0.4, 0.5) is 0 Å². The number of rotatable bonds is 8. The van der Waals surface area contributed by atoms with E-state index in [4.69, 9.17) is 9.57 Å². The Balaban J connectivity index is 1.19. The Bertz CT molecular complexity index is 1410. The Hall–Kier alpha value is -2.47. The first-order valence-electron chi connectivity index (χ1n) is 13.1. The normalized spacial score (nSPS) is 21.9. The SMILES string of the molecule is CC(CCc1nc2ccc(C#CC#CC3CN(C4CC4)C3)cc2s1)(C(=O)NOC1CCCCO1)S(C)(=O)=O. The van der Waals surface area contributed by atoms with Gasteiger partial charge >= 0.3 is 0 Å². The summed E-state index contributed by atoms with van der Waals surface area (Å²) in [5, 5.41) is 0.759.